The molecule has 0 bridgehead atoms. The van der Waals surface area contributed by atoms with Gasteiger partial charge in [-0.2, -0.15) is 0 Å². The van der Waals surface area contributed by atoms with Gasteiger partial charge in [0.05, 0.1) is 6.61 Å². The number of hydrogen-bond donors (Lipinski definition) is 2. The minimum atomic E-state index is -0.419. The van der Waals surface area contributed by atoms with Crippen molar-refractivity contribution < 1.29 is 14.3 Å². The number of halogens is 1. The molecule has 1 aromatic carbocycles. The largest absolute Gasteiger partial charge is 0.366 e. The smallest absolute Gasteiger partial charge is 0.250 e. The van der Waals surface area contributed by atoms with Crippen molar-refractivity contribution in [3.63, 3.8) is 0 Å². The Bertz CT molecular complexity index is 561. The first-order chi connectivity index (χ1) is 10.7. The molecule has 2 aliphatic heterocycles. The van der Waals surface area contributed by atoms with Crippen molar-refractivity contribution in [2.45, 2.75) is 25.5 Å². The monoisotopic (exact) mass is 339 g/mol. The molecule has 0 saturated carbocycles. The lowest BCUT2D eigenvalue weighted by atomic mass is 10.2. The number of ether oxygens (including phenoxy) is 1. The standard InChI is InChI=1S/C16H21N3O3.ClH/c20-15-5-2-7-19(15)13-4-1-3-12(9-13)10-18-16(21)14-11-17-6-8-22-14;/h1,3-4,9,14,17H,2,5-8,10-11H2,(H,18,21);1H. The Morgan fingerprint density at radius 3 is 3.00 bits per heavy atom. The predicted octanol–water partition coefficient (Wildman–Crippen LogP) is 0.840. The second-order valence-electron chi connectivity index (χ2n) is 5.60. The van der Waals surface area contributed by atoms with Crippen LogP contribution in [0.4, 0.5) is 5.69 Å². The third-order valence-electron chi connectivity index (χ3n) is 3.98. The molecule has 3 rings (SSSR count). The second-order valence-corrected chi connectivity index (χ2v) is 5.60. The first-order valence-electron chi connectivity index (χ1n) is 7.73. The molecule has 0 aromatic heterocycles. The molecule has 6 nitrogen and oxygen atoms in total. The SMILES string of the molecule is Cl.O=C(NCc1cccc(N2CCCC2=O)c1)C1CNCCO1. The van der Waals surface area contributed by atoms with E-state index in [0.717, 1.165) is 30.8 Å². The van der Waals surface area contributed by atoms with E-state index in [1.807, 2.05) is 24.3 Å². The van der Waals surface area contributed by atoms with Crippen molar-refractivity contribution in [2.75, 3.05) is 31.1 Å². The van der Waals surface area contributed by atoms with Crippen LogP contribution < -0.4 is 15.5 Å². The van der Waals surface area contributed by atoms with Gasteiger partial charge in [-0.3, -0.25) is 9.59 Å². The summed E-state index contributed by atoms with van der Waals surface area (Å²) in [6.45, 7) is 3.11. The molecule has 2 amide bonds. The zero-order valence-corrected chi connectivity index (χ0v) is 13.7. The van der Waals surface area contributed by atoms with E-state index in [1.165, 1.54) is 0 Å². The van der Waals surface area contributed by atoms with E-state index >= 15 is 0 Å². The average Bonchev–Trinajstić information content (AvgIpc) is 3.00. The topological polar surface area (TPSA) is 70.7 Å². The van der Waals surface area contributed by atoms with Crippen molar-refractivity contribution in [3.05, 3.63) is 29.8 Å². The summed E-state index contributed by atoms with van der Waals surface area (Å²) < 4.78 is 5.42. The fourth-order valence-corrected chi connectivity index (χ4v) is 2.79. The van der Waals surface area contributed by atoms with Gasteiger partial charge in [-0.15, -0.1) is 12.4 Å². The van der Waals surface area contributed by atoms with Gasteiger partial charge in [0.1, 0.15) is 6.10 Å². The van der Waals surface area contributed by atoms with Crippen LogP contribution in [-0.4, -0.2) is 44.2 Å². The number of morpholine rings is 1. The maximum atomic E-state index is 12.0. The molecule has 1 atom stereocenters. The van der Waals surface area contributed by atoms with E-state index in [-0.39, 0.29) is 24.2 Å². The first-order valence-corrected chi connectivity index (χ1v) is 7.73. The third-order valence-corrected chi connectivity index (χ3v) is 3.98. The summed E-state index contributed by atoms with van der Waals surface area (Å²) in [6.07, 6.45) is 1.11. The molecule has 2 N–H and O–H groups in total. The normalized spacial score (nSPS) is 21.0. The molecule has 2 heterocycles. The van der Waals surface area contributed by atoms with Gasteiger partial charge in [0.2, 0.25) is 5.91 Å². The number of rotatable bonds is 4. The van der Waals surface area contributed by atoms with Crippen LogP contribution in [0.25, 0.3) is 0 Å². The molecular formula is C16H22ClN3O3. The summed E-state index contributed by atoms with van der Waals surface area (Å²) in [7, 11) is 0. The third kappa shape index (κ3) is 4.43. The highest BCUT2D eigenvalue weighted by molar-refractivity contribution is 5.95. The Labute approximate surface area is 142 Å². The van der Waals surface area contributed by atoms with E-state index in [1.54, 1.807) is 4.90 Å². The van der Waals surface area contributed by atoms with Crippen LogP contribution >= 0.6 is 12.4 Å². The highest BCUT2D eigenvalue weighted by Gasteiger charge is 2.23. The van der Waals surface area contributed by atoms with Crippen LogP contribution in [0.5, 0.6) is 0 Å². The average molecular weight is 340 g/mol. The summed E-state index contributed by atoms with van der Waals surface area (Å²) in [5.74, 6) is 0.0673. The second kappa shape index (κ2) is 8.29. The fourth-order valence-electron chi connectivity index (χ4n) is 2.79. The Balaban J connectivity index is 0.00000192. The van der Waals surface area contributed by atoms with Gasteiger partial charge in [-0.25, -0.2) is 0 Å². The van der Waals surface area contributed by atoms with E-state index in [0.29, 0.717) is 26.1 Å². The van der Waals surface area contributed by atoms with E-state index < -0.39 is 6.10 Å². The zero-order valence-electron chi connectivity index (χ0n) is 12.9. The van der Waals surface area contributed by atoms with Crippen molar-refractivity contribution in [3.8, 4) is 0 Å². The number of carbonyl (C=O) groups is 2. The fraction of sp³-hybridized carbons (Fsp3) is 0.500. The van der Waals surface area contributed by atoms with Gasteiger partial charge in [-0.1, -0.05) is 12.1 Å². The maximum absolute atomic E-state index is 12.0. The van der Waals surface area contributed by atoms with Gasteiger partial charge in [-0.05, 0) is 24.1 Å². The Hall–Kier alpha value is -1.63. The summed E-state index contributed by atoms with van der Waals surface area (Å²) in [5, 5.41) is 6.03. The first kappa shape index (κ1) is 17.7. The van der Waals surface area contributed by atoms with Gasteiger partial charge in [0.25, 0.3) is 5.91 Å². The minimum Gasteiger partial charge on any atom is -0.366 e. The lowest BCUT2D eigenvalue weighted by Gasteiger charge is -2.23. The van der Waals surface area contributed by atoms with Gasteiger partial charge in [0, 0.05) is 38.3 Å². The van der Waals surface area contributed by atoms with Crippen molar-refractivity contribution in [1.82, 2.24) is 10.6 Å². The minimum absolute atomic E-state index is 0. The zero-order chi connectivity index (χ0) is 15.4. The number of benzene rings is 1. The Morgan fingerprint density at radius 1 is 1.43 bits per heavy atom. The van der Waals surface area contributed by atoms with Crippen LogP contribution in [0, 0.1) is 0 Å². The predicted molar refractivity (Wildman–Crippen MR) is 89.7 cm³/mol. The van der Waals surface area contributed by atoms with Crippen LogP contribution in [0.1, 0.15) is 18.4 Å². The van der Waals surface area contributed by atoms with Crippen LogP contribution in [0.2, 0.25) is 0 Å². The highest BCUT2D eigenvalue weighted by atomic mass is 35.5. The number of nitrogens with zero attached hydrogens (tertiary/aromatic N) is 1. The van der Waals surface area contributed by atoms with Gasteiger partial charge < -0.3 is 20.3 Å². The molecule has 2 saturated heterocycles. The van der Waals surface area contributed by atoms with E-state index in [2.05, 4.69) is 10.6 Å². The molecule has 2 fully saturated rings. The molecule has 0 aliphatic carbocycles. The number of anilines is 1. The lowest BCUT2D eigenvalue weighted by molar-refractivity contribution is -0.134. The van der Waals surface area contributed by atoms with E-state index in [4.69, 9.17) is 4.74 Å². The summed E-state index contributed by atoms with van der Waals surface area (Å²) in [4.78, 5) is 25.6. The quantitative estimate of drug-likeness (QED) is 0.853. The summed E-state index contributed by atoms with van der Waals surface area (Å²) in [5.41, 5.74) is 1.89. The molecule has 1 unspecified atom stereocenters. The molecule has 23 heavy (non-hydrogen) atoms. The molecule has 0 radical (unpaired) electrons. The van der Waals surface area contributed by atoms with Crippen LogP contribution in [-0.2, 0) is 20.9 Å². The van der Waals surface area contributed by atoms with E-state index in [9.17, 15) is 9.59 Å². The molecule has 0 spiro atoms. The van der Waals surface area contributed by atoms with Crippen molar-refractivity contribution in [2.24, 2.45) is 0 Å². The number of amides is 2. The maximum Gasteiger partial charge on any atom is 0.250 e. The van der Waals surface area contributed by atoms with Gasteiger partial charge in [0.15, 0.2) is 0 Å². The molecule has 1 aromatic rings. The molecule has 2 aliphatic rings. The number of carbonyl (C=O) groups excluding carboxylic acids is 2. The lowest BCUT2D eigenvalue weighted by Crippen LogP contribution is -2.47. The Kier molecular flexibility index (Phi) is 6.38. The summed E-state index contributed by atoms with van der Waals surface area (Å²) >= 11 is 0. The highest BCUT2D eigenvalue weighted by Crippen LogP contribution is 2.22. The summed E-state index contributed by atoms with van der Waals surface area (Å²) in [6, 6.07) is 7.76. The number of nitrogens with one attached hydrogen (secondary N) is 2. The Morgan fingerprint density at radius 2 is 2.30 bits per heavy atom. The van der Waals surface area contributed by atoms with Crippen molar-refractivity contribution in [1.29, 1.82) is 0 Å². The van der Waals surface area contributed by atoms with Gasteiger partial charge >= 0.3 is 0 Å². The molecular weight excluding hydrogens is 318 g/mol. The van der Waals surface area contributed by atoms with Crippen LogP contribution in [0.3, 0.4) is 0 Å². The number of hydrogen-bond acceptors (Lipinski definition) is 4. The molecule has 7 heteroatoms. The van der Waals surface area contributed by atoms with Crippen molar-refractivity contribution >= 4 is 29.9 Å². The molecule has 126 valence electrons. The van der Waals surface area contributed by atoms with Crippen LogP contribution in [0.15, 0.2) is 24.3 Å².